The van der Waals surface area contributed by atoms with Crippen LogP contribution in [0.5, 0.6) is 5.75 Å². The molecule has 0 aliphatic heterocycles. The highest BCUT2D eigenvalue weighted by atomic mass is 16.5. The first kappa shape index (κ1) is 13.4. The van der Waals surface area contributed by atoms with E-state index in [0.717, 1.165) is 12.2 Å². The topological polar surface area (TPSA) is 26.3 Å². The lowest BCUT2D eigenvalue weighted by atomic mass is 9.62. The van der Waals surface area contributed by atoms with Gasteiger partial charge < -0.3 is 4.74 Å². The van der Waals surface area contributed by atoms with Crippen LogP contribution in [0.3, 0.4) is 0 Å². The molecule has 5 rings (SSSR count). The summed E-state index contributed by atoms with van der Waals surface area (Å²) in [7, 11) is 1.73. The minimum atomic E-state index is 0.0408. The molecule has 0 amide bonds. The molecule has 23 heavy (non-hydrogen) atoms. The molecule has 0 N–H and O–H groups in total. The molecule has 0 saturated heterocycles. The second-order valence-corrected chi connectivity index (χ2v) is 7.43. The van der Waals surface area contributed by atoms with Gasteiger partial charge in [-0.2, -0.15) is 0 Å². The molecule has 3 atom stereocenters. The summed E-state index contributed by atoms with van der Waals surface area (Å²) in [5.74, 6) is 2.52. The molecule has 0 aromatic heterocycles. The Hall–Kier alpha value is -2.09. The maximum Gasteiger partial charge on any atom is 0.138 e. The highest BCUT2D eigenvalue weighted by Gasteiger charge is 2.52. The number of methoxy groups -OCH3 is 1. The van der Waals surface area contributed by atoms with Gasteiger partial charge in [-0.15, -0.1) is 0 Å². The number of hydrogen-bond acceptors (Lipinski definition) is 2. The molecule has 3 aliphatic carbocycles. The van der Waals surface area contributed by atoms with Crippen LogP contribution in [0.25, 0.3) is 10.8 Å². The van der Waals surface area contributed by atoms with Gasteiger partial charge in [-0.3, -0.25) is 4.79 Å². The van der Waals surface area contributed by atoms with Crippen molar-refractivity contribution in [2.45, 2.75) is 31.1 Å². The van der Waals surface area contributed by atoms with Gasteiger partial charge >= 0.3 is 0 Å². The van der Waals surface area contributed by atoms with Crippen LogP contribution in [0.4, 0.5) is 0 Å². The molecule has 2 bridgehead atoms. The number of ketones is 1. The van der Waals surface area contributed by atoms with Gasteiger partial charge in [0.1, 0.15) is 11.5 Å². The van der Waals surface area contributed by atoms with Crippen molar-refractivity contribution in [3.63, 3.8) is 0 Å². The number of Topliss-reactive ketones (excluding diaryl/α,β-unsaturated/α-hetero) is 1. The summed E-state index contributed by atoms with van der Waals surface area (Å²) in [5.41, 5.74) is 2.69. The number of benzene rings is 2. The number of carbonyl (C=O) groups excluding carboxylic acids is 1. The zero-order valence-electron chi connectivity index (χ0n) is 13.3. The maximum atomic E-state index is 12.5. The summed E-state index contributed by atoms with van der Waals surface area (Å²) >= 11 is 0. The van der Waals surface area contributed by atoms with Crippen LogP contribution < -0.4 is 4.74 Å². The Balaban J connectivity index is 1.79. The Morgan fingerprint density at radius 1 is 1.22 bits per heavy atom. The van der Waals surface area contributed by atoms with Crippen molar-refractivity contribution in [3.05, 3.63) is 53.6 Å². The average molecular weight is 304 g/mol. The molecule has 0 radical (unpaired) electrons. The lowest BCUT2D eigenvalue weighted by molar-refractivity contribution is -0.120. The number of allylic oxidation sites excluding steroid dienone is 2. The largest absolute Gasteiger partial charge is 0.496 e. The molecule has 3 aliphatic rings. The Bertz CT molecular complexity index is 864. The zero-order chi connectivity index (χ0) is 15.6. The minimum absolute atomic E-state index is 0.0408. The third kappa shape index (κ3) is 1.72. The van der Waals surface area contributed by atoms with Gasteiger partial charge in [0.05, 0.1) is 7.11 Å². The summed E-state index contributed by atoms with van der Waals surface area (Å²) in [6.07, 6.45) is 8.38. The number of hydrogen-bond donors (Lipinski definition) is 0. The molecule has 2 heteroatoms. The fourth-order valence-electron chi connectivity index (χ4n) is 5.32. The monoisotopic (exact) mass is 304 g/mol. The molecule has 0 heterocycles. The summed E-state index contributed by atoms with van der Waals surface area (Å²) in [6.45, 7) is 0. The van der Waals surface area contributed by atoms with Gasteiger partial charge in [0, 0.05) is 23.6 Å². The van der Waals surface area contributed by atoms with Crippen LogP contribution in [-0.4, -0.2) is 12.9 Å². The predicted octanol–water partition coefficient (Wildman–Crippen LogP) is 4.20. The van der Waals surface area contributed by atoms with Gasteiger partial charge in [0.25, 0.3) is 0 Å². The van der Waals surface area contributed by atoms with E-state index in [1.54, 1.807) is 7.11 Å². The number of rotatable bonds is 1. The van der Waals surface area contributed by atoms with Gasteiger partial charge in [-0.05, 0) is 53.3 Å². The van der Waals surface area contributed by atoms with E-state index in [1.807, 2.05) is 12.1 Å². The van der Waals surface area contributed by atoms with E-state index < -0.39 is 0 Å². The van der Waals surface area contributed by atoms with Crippen molar-refractivity contribution in [2.75, 3.05) is 7.11 Å². The first-order valence-electron chi connectivity index (χ1n) is 8.50. The standard InChI is InChI=1S/C21H20O2/c1-23-20-4-2-3-14-8-15-9-17(22)12-21(19(15)10-18(14)20)11-13-5-6-16(21)7-13/h2-6,8,10,13,16H,7,9,11-12H2,1H3. The van der Waals surface area contributed by atoms with Gasteiger partial charge in [-0.25, -0.2) is 0 Å². The molecule has 116 valence electrons. The van der Waals surface area contributed by atoms with E-state index in [2.05, 4.69) is 30.4 Å². The fourth-order valence-corrected chi connectivity index (χ4v) is 5.32. The second-order valence-electron chi connectivity index (χ2n) is 7.43. The smallest absolute Gasteiger partial charge is 0.138 e. The van der Waals surface area contributed by atoms with Crippen LogP contribution in [0.15, 0.2) is 42.5 Å². The molecule has 2 nitrogen and oxygen atoms in total. The third-order valence-corrected chi connectivity index (χ3v) is 6.23. The summed E-state index contributed by atoms with van der Waals surface area (Å²) < 4.78 is 5.57. The number of carbonyl (C=O) groups is 1. The number of ether oxygens (including phenoxy) is 1. The van der Waals surface area contributed by atoms with Gasteiger partial charge in [0.2, 0.25) is 0 Å². The lowest BCUT2D eigenvalue weighted by Gasteiger charge is -2.40. The molecule has 1 saturated carbocycles. The average Bonchev–Trinajstić information content (AvgIpc) is 3.14. The van der Waals surface area contributed by atoms with E-state index in [9.17, 15) is 4.79 Å². The van der Waals surface area contributed by atoms with E-state index in [0.29, 0.717) is 30.5 Å². The predicted molar refractivity (Wildman–Crippen MR) is 90.9 cm³/mol. The molecule has 3 unspecified atom stereocenters. The van der Waals surface area contributed by atoms with Crippen LogP contribution >= 0.6 is 0 Å². The van der Waals surface area contributed by atoms with Crippen molar-refractivity contribution in [1.82, 2.24) is 0 Å². The maximum absolute atomic E-state index is 12.5. The zero-order valence-corrected chi connectivity index (χ0v) is 13.3. The fraction of sp³-hybridized carbons (Fsp3) is 0.381. The normalized spacial score (nSPS) is 31.1. The molecular formula is C21H20O2. The molecule has 2 aromatic carbocycles. The van der Waals surface area contributed by atoms with Crippen molar-refractivity contribution in [1.29, 1.82) is 0 Å². The SMILES string of the molecule is COc1cccc2cc3c(cc12)C1(CC(=O)C3)CC2C=CC1C2. The van der Waals surface area contributed by atoms with Crippen molar-refractivity contribution < 1.29 is 9.53 Å². The van der Waals surface area contributed by atoms with Gasteiger partial charge in [0.15, 0.2) is 0 Å². The molecule has 1 fully saturated rings. The first-order chi connectivity index (χ1) is 11.2. The van der Waals surface area contributed by atoms with Crippen LogP contribution in [0, 0.1) is 11.8 Å². The highest BCUT2D eigenvalue weighted by molar-refractivity contribution is 5.93. The Morgan fingerprint density at radius 2 is 2.13 bits per heavy atom. The van der Waals surface area contributed by atoms with Crippen LogP contribution in [0.2, 0.25) is 0 Å². The Morgan fingerprint density at radius 3 is 2.87 bits per heavy atom. The third-order valence-electron chi connectivity index (χ3n) is 6.23. The van der Waals surface area contributed by atoms with Crippen molar-refractivity contribution in [2.24, 2.45) is 11.8 Å². The Kier molecular flexibility index (Phi) is 2.60. The lowest BCUT2D eigenvalue weighted by Crippen LogP contribution is -2.38. The Labute approximate surface area is 136 Å². The highest BCUT2D eigenvalue weighted by Crippen LogP contribution is 2.58. The summed E-state index contributed by atoms with van der Waals surface area (Å²) in [4.78, 5) is 12.5. The van der Waals surface area contributed by atoms with Crippen LogP contribution in [-0.2, 0) is 16.6 Å². The molecule has 2 aromatic rings. The van der Waals surface area contributed by atoms with Crippen molar-refractivity contribution in [3.8, 4) is 5.75 Å². The van der Waals surface area contributed by atoms with Crippen LogP contribution in [0.1, 0.15) is 30.4 Å². The van der Waals surface area contributed by atoms with Gasteiger partial charge in [-0.1, -0.05) is 30.4 Å². The second kappa shape index (κ2) is 4.47. The quantitative estimate of drug-likeness (QED) is 0.738. The number of fused-ring (bicyclic) bond motifs is 6. The summed E-state index contributed by atoms with van der Waals surface area (Å²) in [6, 6.07) is 10.7. The molecular weight excluding hydrogens is 284 g/mol. The van der Waals surface area contributed by atoms with E-state index >= 15 is 0 Å². The van der Waals surface area contributed by atoms with E-state index in [-0.39, 0.29) is 5.41 Å². The van der Waals surface area contributed by atoms with Crippen molar-refractivity contribution >= 4 is 16.6 Å². The molecule has 1 spiro atoms. The summed E-state index contributed by atoms with van der Waals surface area (Å²) in [5, 5.41) is 2.35. The van der Waals surface area contributed by atoms with E-state index in [4.69, 9.17) is 4.74 Å². The first-order valence-corrected chi connectivity index (χ1v) is 8.50. The minimum Gasteiger partial charge on any atom is -0.496 e. The van der Waals surface area contributed by atoms with E-state index in [1.165, 1.54) is 28.3 Å².